The molecule has 1 aliphatic carbocycles. The van der Waals surface area contributed by atoms with Crippen LogP contribution in [-0.4, -0.2) is 29.9 Å². The van der Waals surface area contributed by atoms with Gasteiger partial charge in [0.1, 0.15) is 0 Å². The molecule has 3 heteroatoms. The van der Waals surface area contributed by atoms with E-state index in [1.54, 1.807) is 0 Å². The zero-order valence-electron chi connectivity index (χ0n) is 11.1. The van der Waals surface area contributed by atoms with Crippen molar-refractivity contribution in [2.45, 2.75) is 58.5 Å². The summed E-state index contributed by atoms with van der Waals surface area (Å²) in [6, 6.07) is 0.545. The molecule has 1 aliphatic rings. The lowest BCUT2D eigenvalue weighted by molar-refractivity contribution is -0.137. The van der Waals surface area contributed by atoms with Gasteiger partial charge in [-0.3, -0.25) is 4.79 Å². The molecule has 1 rings (SSSR count). The summed E-state index contributed by atoms with van der Waals surface area (Å²) in [7, 11) is 1.92. The highest BCUT2D eigenvalue weighted by molar-refractivity contribution is 5.79. The molecule has 94 valence electrons. The Kier molecular flexibility index (Phi) is 4.78. The topological polar surface area (TPSA) is 46.3 Å². The largest absolute Gasteiger partial charge is 0.343 e. The maximum absolute atomic E-state index is 12.3. The van der Waals surface area contributed by atoms with Gasteiger partial charge in [0, 0.05) is 25.0 Å². The fraction of sp³-hybridized carbons (Fsp3) is 0.923. The van der Waals surface area contributed by atoms with Crippen molar-refractivity contribution in [1.29, 1.82) is 0 Å². The second kappa shape index (κ2) is 5.67. The van der Waals surface area contributed by atoms with Gasteiger partial charge in [0.25, 0.3) is 0 Å². The van der Waals surface area contributed by atoms with Gasteiger partial charge in [-0.15, -0.1) is 0 Å². The molecule has 0 radical (unpaired) electrons. The molecule has 4 unspecified atom stereocenters. The molecule has 0 spiro atoms. The first kappa shape index (κ1) is 13.5. The van der Waals surface area contributed by atoms with Crippen molar-refractivity contribution in [3.63, 3.8) is 0 Å². The van der Waals surface area contributed by atoms with Gasteiger partial charge < -0.3 is 10.6 Å². The zero-order chi connectivity index (χ0) is 12.3. The molecule has 3 nitrogen and oxygen atoms in total. The number of carbonyl (C=O) groups excluding carboxylic acids is 1. The summed E-state index contributed by atoms with van der Waals surface area (Å²) in [5.74, 6) is 1.03. The van der Waals surface area contributed by atoms with Crippen molar-refractivity contribution in [2.75, 3.05) is 7.05 Å². The maximum atomic E-state index is 12.3. The number of nitrogens with zero attached hydrogens (tertiary/aromatic N) is 1. The Bertz CT molecular complexity index is 232. The summed E-state index contributed by atoms with van der Waals surface area (Å²) in [6.45, 7) is 6.41. The van der Waals surface area contributed by atoms with Crippen molar-refractivity contribution in [3.05, 3.63) is 0 Å². The van der Waals surface area contributed by atoms with Gasteiger partial charge in [-0.1, -0.05) is 13.8 Å². The predicted molar refractivity (Wildman–Crippen MR) is 67.0 cm³/mol. The first-order valence-electron chi connectivity index (χ1n) is 6.47. The standard InChI is InChI=1S/C13H26N2O/c1-5-10(3)15(4)13(16)11-6-9(2)7-12(14)8-11/h9-12H,5-8,14H2,1-4H3. The Morgan fingerprint density at radius 1 is 1.44 bits per heavy atom. The number of amides is 1. The van der Waals surface area contributed by atoms with E-state index in [1.165, 1.54) is 0 Å². The first-order chi connectivity index (χ1) is 7.45. The molecule has 0 bridgehead atoms. The normalized spacial score (nSPS) is 32.2. The van der Waals surface area contributed by atoms with Crippen molar-refractivity contribution in [3.8, 4) is 0 Å². The Morgan fingerprint density at radius 2 is 2.06 bits per heavy atom. The fourth-order valence-corrected chi connectivity index (χ4v) is 2.64. The van der Waals surface area contributed by atoms with E-state index in [1.807, 2.05) is 11.9 Å². The van der Waals surface area contributed by atoms with Crippen LogP contribution < -0.4 is 5.73 Å². The van der Waals surface area contributed by atoms with Gasteiger partial charge in [-0.2, -0.15) is 0 Å². The van der Waals surface area contributed by atoms with Crippen molar-refractivity contribution in [2.24, 2.45) is 17.6 Å². The Morgan fingerprint density at radius 3 is 2.56 bits per heavy atom. The van der Waals surface area contributed by atoms with Crippen LogP contribution in [0.25, 0.3) is 0 Å². The Hall–Kier alpha value is -0.570. The van der Waals surface area contributed by atoms with E-state index >= 15 is 0 Å². The molecule has 0 saturated heterocycles. The average molecular weight is 226 g/mol. The van der Waals surface area contributed by atoms with Crippen LogP contribution in [0.15, 0.2) is 0 Å². The molecule has 2 N–H and O–H groups in total. The summed E-state index contributed by atoms with van der Waals surface area (Å²) < 4.78 is 0. The molecule has 16 heavy (non-hydrogen) atoms. The monoisotopic (exact) mass is 226 g/mol. The zero-order valence-corrected chi connectivity index (χ0v) is 11.1. The van der Waals surface area contributed by atoms with Gasteiger partial charge in [0.15, 0.2) is 0 Å². The lowest BCUT2D eigenvalue weighted by Gasteiger charge is -2.34. The summed E-state index contributed by atoms with van der Waals surface area (Å²) in [4.78, 5) is 14.2. The highest BCUT2D eigenvalue weighted by Crippen LogP contribution is 2.29. The van der Waals surface area contributed by atoms with Crippen molar-refractivity contribution >= 4 is 5.91 Å². The molecular weight excluding hydrogens is 200 g/mol. The lowest BCUT2D eigenvalue weighted by Crippen LogP contribution is -2.43. The van der Waals surface area contributed by atoms with E-state index in [4.69, 9.17) is 5.73 Å². The Labute approximate surface area is 99.4 Å². The molecule has 0 heterocycles. The van der Waals surface area contributed by atoms with Gasteiger partial charge >= 0.3 is 0 Å². The van der Waals surface area contributed by atoms with Crippen LogP contribution in [0.3, 0.4) is 0 Å². The van der Waals surface area contributed by atoms with Gasteiger partial charge in [-0.25, -0.2) is 0 Å². The van der Waals surface area contributed by atoms with Gasteiger partial charge in [0.05, 0.1) is 0 Å². The van der Waals surface area contributed by atoms with Crippen LogP contribution in [0, 0.1) is 11.8 Å². The summed E-state index contributed by atoms with van der Waals surface area (Å²) in [5, 5.41) is 0. The summed E-state index contributed by atoms with van der Waals surface area (Å²) in [6.07, 6.45) is 3.95. The second-order valence-electron chi connectivity index (χ2n) is 5.48. The minimum Gasteiger partial charge on any atom is -0.343 e. The third-order valence-electron chi connectivity index (χ3n) is 3.93. The quantitative estimate of drug-likeness (QED) is 0.800. The van der Waals surface area contributed by atoms with E-state index in [9.17, 15) is 4.79 Å². The van der Waals surface area contributed by atoms with Crippen LogP contribution in [0.5, 0.6) is 0 Å². The summed E-state index contributed by atoms with van der Waals surface area (Å²) in [5.41, 5.74) is 5.99. The molecular formula is C13H26N2O. The minimum atomic E-state index is 0.151. The SMILES string of the molecule is CCC(C)N(C)C(=O)C1CC(C)CC(N)C1. The third kappa shape index (κ3) is 3.21. The average Bonchev–Trinajstić information content (AvgIpc) is 2.24. The third-order valence-corrected chi connectivity index (χ3v) is 3.93. The molecule has 1 amide bonds. The van der Waals surface area contributed by atoms with Crippen molar-refractivity contribution in [1.82, 2.24) is 4.90 Å². The smallest absolute Gasteiger partial charge is 0.225 e. The van der Waals surface area contributed by atoms with Crippen LogP contribution in [0.1, 0.15) is 46.5 Å². The highest BCUT2D eigenvalue weighted by atomic mass is 16.2. The number of rotatable bonds is 3. The predicted octanol–water partition coefficient (Wildman–Crippen LogP) is 2.01. The van der Waals surface area contributed by atoms with E-state index in [0.29, 0.717) is 12.0 Å². The molecule has 4 atom stereocenters. The van der Waals surface area contributed by atoms with Crippen LogP contribution >= 0.6 is 0 Å². The summed E-state index contributed by atoms with van der Waals surface area (Å²) >= 11 is 0. The first-order valence-corrected chi connectivity index (χ1v) is 6.47. The van der Waals surface area contributed by atoms with Gasteiger partial charge in [0.2, 0.25) is 5.91 Å². The van der Waals surface area contributed by atoms with Crippen molar-refractivity contribution < 1.29 is 4.79 Å². The molecule has 0 aromatic heterocycles. The second-order valence-corrected chi connectivity index (χ2v) is 5.48. The van der Waals surface area contributed by atoms with Gasteiger partial charge in [-0.05, 0) is 38.5 Å². The maximum Gasteiger partial charge on any atom is 0.225 e. The van der Waals surface area contributed by atoms with E-state index in [-0.39, 0.29) is 17.9 Å². The van der Waals surface area contributed by atoms with E-state index in [2.05, 4.69) is 20.8 Å². The number of hydrogen-bond donors (Lipinski definition) is 1. The molecule has 0 aliphatic heterocycles. The van der Waals surface area contributed by atoms with Crippen LogP contribution in [-0.2, 0) is 4.79 Å². The van der Waals surface area contributed by atoms with Crippen LogP contribution in [0.4, 0.5) is 0 Å². The lowest BCUT2D eigenvalue weighted by atomic mass is 9.79. The van der Waals surface area contributed by atoms with E-state index in [0.717, 1.165) is 25.7 Å². The fourth-order valence-electron chi connectivity index (χ4n) is 2.64. The number of nitrogens with two attached hydrogens (primary N) is 1. The Balaban J connectivity index is 2.59. The highest BCUT2D eigenvalue weighted by Gasteiger charge is 2.31. The van der Waals surface area contributed by atoms with Crippen LogP contribution in [0.2, 0.25) is 0 Å². The van der Waals surface area contributed by atoms with E-state index < -0.39 is 0 Å². The molecule has 0 aromatic rings. The molecule has 1 saturated carbocycles. The number of carbonyl (C=O) groups is 1. The number of hydrogen-bond acceptors (Lipinski definition) is 2. The minimum absolute atomic E-state index is 0.151. The molecule has 1 fully saturated rings. The molecule has 0 aromatic carbocycles.